The average molecular weight is 127 g/mol. The first kappa shape index (κ1) is 5.63. The summed E-state index contributed by atoms with van der Waals surface area (Å²) in [7, 11) is 0. The van der Waals surface area contributed by atoms with E-state index in [0.29, 0.717) is 0 Å². The van der Waals surface area contributed by atoms with Gasteiger partial charge < -0.3 is 4.74 Å². The molecule has 0 aromatic carbocycles. The summed E-state index contributed by atoms with van der Waals surface area (Å²) < 4.78 is 5.04. The van der Waals surface area contributed by atoms with E-state index in [9.17, 15) is 0 Å². The molecule has 1 aromatic rings. The molecule has 0 spiro atoms. The first-order valence-corrected chi connectivity index (χ1v) is 3.29. The minimum absolute atomic E-state index is 0.951. The maximum atomic E-state index is 5.04. The smallest absolute Gasteiger partial charge is 0.174 e. The highest BCUT2D eigenvalue weighted by Crippen LogP contribution is 2.18. The Kier molecular flexibility index (Phi) is 1.92. The minimum atomic E-state index is 0.951. The second-order valence-electron chi connectivity index (χ2n) is 1.29. The summed E-state index contributed by atoms with van der Waals surface area (Å²) >= 11 is 1.59. The molecule has 2 heteroatoms. The van der Waals surface area contributed by atoms with Crippen molar-refractivity contribution in [3.8, 4) is 5.06 Å². The van der Waals surface area contributed by atoms with Gasteiger partial charge in [-0.1, -0.05) is 0 Å². The predicted octanol–water partition coefficient (Wildman–Crippen LogP) is 2.31. The zero-order valence-electron chi connectivity index (χ0n) is 4.63. The number of thiophene rings is 1. The third kappa shape index (κ3) is 1.23. The van der Waals surface area contributed by atoms with Crippen LogP contribution >= 0.6 is 11.3 Å². The fraction of sp³-hybridized carbons (Fsp3) is 0.167. The van der Waals surface area contributed by atoms with Crippen LogP contribution < -0.4 is 4.74 Å². The van der Waals surface area contributed by atoms with Crippen molar-refractivity contribution in [2.75, 3.05) is 0 Å². The van der Waals surface area contributed by atoms with Crippen molar-refractivity contribution in [3.63, 3.8) is 0 Å². The Bertz CT molecular complexity index is 134. The summed E-state index contributed by atoms with van der Waals surface area (Å²) in [6.07, 6.45) is 0. The van der Waals surface area contributed by atoms with Gasteiger partial charge in [-0.05, 0) is 24.4 Å². The van der Waals surface area contributed by atoms with Crippen LogP contribution in [0.15, 0.2) is 17.5 Å². The van der Waals surface area contributed by atoms with Gasteiger partial charge in [0, 0.05) is 0 Å². The van der Waals surface area contributed by atoms with Crippen LogP contribution in [0.25, 0.3) is 0 Å². The summed E-state index contributed by atoms with van der Waals surface area (Å²) in [5.74, 6) is 0. The van der Waals surface area contributed by atoms with Crippen LogP contribution in [0.2, 0.25) is 0 Å². The van der Waals surface area contributed by atoms with Gasteiger partial charge in [0.25, 0.3) is 0 Å². The van der Waals surface area contributed by atoms with Gasteiger partial charge in [0.05, 0.1) is 0 Å². The summed E-state index contributed by atoms with van der Waals surface area (Å²) in [6, 6.07) is 3.90. The van der Waals surface area contributed by atoms with Gasteiger partial charge in [0.2, 0.25) is 0 Å². The zero-order chi connectivity index (χ0) is 5.82. The lowest BCUT2D eigenvalue weighted by atomic mass is 10.6. The Morgan fingerprint density at radius 2 is 2.62 bits per heavy atom. The van der Waals surface area contributed by atoms with Gasteiger partial charge >= 0.3 is 0 Å². The van der Waals surface area contributed by atoms with E-state index in [1.807, 2.05) is 24.4 Å². The third-order valence-electron chi connectivity index (χ3n) is 0.729. The number of ether oxygens (including phenoxy) is 1. The van der Waals surface area contributed by atoms with Gasteiger partial charge in [-0.25, -0.2) is 0 Å². The molecule has 8 heavy (non-hydrogen) atoms. The molecule has 1 heterocycles. The highest BCUT2D eigenvalue weighted by atomic mass is 32.1. The molecule has 0 unspecified atom stereocenters. The summed E-state index contributed by atoms with van der Waals surface area (Å²) in [5, 5.41) is 2.94. The van der Waals surface area contributed by atoms with E-state index < -0.39 is 0 Å². The highest BCUT2D eigenvalue weighted by Gasteiger charge is 1.87. The van der Waals surface area contributed by atoms with Crippen molar-refractivity contribution in [2.45, 2.75) is 6.92 Å². The molecule has 0 aliphatic rings. The van der Waals surface area contributed by atoms with Crippen LogP contribution in [-0.4, -0.2) is 0 Å². The fourth-order valence-corrected chi connectivity index (χ4v) is 1.05. The van der Waals surface area contributed by atoms with E-state index in [4.69, 9.17) is 4.74 Å². The minimum Gasteiger partial charge on any atom is -0.477 e. The first-order valence-electron chi connectivity index (χ1n) is 2.41. The maximum Gasteiger partial charge on any atom is 0.174 e. The zero-order valence-corrected chi connectivity index (χ0v) is 5.44. The fourth-order valence-electron chi connectivity index (χ4n) is 0.447. The second kappa shape index (κ2) is 2.72. The monoisotopic (exact) mass is 127 g/mol. The summed E-state index contributed by atoms with van der Waals surface area (Å²) in [5.41, 5.74) is 0. The van der Waals surface area contributed by atoms with Crippen molar-refractivity contribution in [1.82, 2.24) is 0 Å². The predicted molar refractivity (Wildman–Crippen MR) is 34.9 cm³/mol. The van der Waals surface area contributed by atoms with Crippen LogP contribution in [0.4, 0.5) is 0 Å². The van der Waals surface area contributed by atoms with Gasteiger partial charge in [-0.3, -0.25) is 0 Å². The molecule has 0 bridgehead atoms. The summed E-state index contributed by atoms with van der Waals surface area (Å²) in [6.45, 7) is 3.53. The van der Waals surface area contributed by atoms with Gasteiger partial charge in [0.15, 0.2) is 5.06 Å². The van der Waals surface area contributed by atoms with Gasteiger partial charge in [-0.15, -0.1) is 11.3 Å². The highest BCUT2D eigenvalue weighted by molar-refractivity contribution is 7.11. The molecule has 0 saturated heterocycles. The summed E-state index contributed by atoms with van der Waals surface area (Å²) in [4.78, 5) is 0. The lowest BCUT2D eigenvalue weighted by Crippen LogP contribution is -1.78. The van der Waals surface area contributed by atoms with E-state index >= 15 is 0 Å². The van der Waals surface area contributed by atoms with E-state index in [1.54, 1.807) is 17.9 Å². The Balaban J connectivity index is 2.50. The van der Waals surface area contributed by atoms with Crippen molar-refractivity contribution in [3.05, 3.63) is 24.1 Å². The van der Waals surface area contributed by atoms with Crippen molar-refractivity contribution < 1.29 is 4.74 Å². The van der Waals surface area contributed by atoms with Crippen LogP contribution in [0.3, 0.4) is 0 Å². The molecule has 0 N–H and O–H groups in total. The molecule has 43 valence electrons. The van der Waals surface area contributed by atoms with Gasteiger partial charge in [-0.2, -0.15) is 0 Å². The largest absolute Gasteiger partial charge is 0.477 e. The molecule has 1 aromatic heterocycles. The molecule has 0 amide bonds. The Labute approximate surface area is 52.9 Å². The third-order valence-corrected chi connectivity index (χ3v) is 1.49. The molecule has 0 aliphatic carbocycles. The van der Waals surface area contributed by atoms with Crippen LogP contribution in [0.1, 0.15) is 6.92 Å². The first-order chi connectivity index (χ1) is 3.93. The Hall–Kier alpha value is -0.500. The van der Waals surface area contributed by atoms with E-state index in [2.05, 4.69) is 0 Å². The van der Waals surface area contributed by atoms with Crippen LogP contribution in [0.5, 0.6) is 5.06 Å². The maximum absolute atomic E-state index is 5.04. The van der Waals surface area contributed by atoms with Crippen molar-refractivity contribution >= 4 is 11.3 Å². The molecule has 0 atom stereocenters. The Morgan fingerprint density at radius 1 is 1.75 bits per heavy atom. The van der Waals surface area contributed by atoms with E-state index in [-0.39, 0.29) is 0 Å². The van der Waals surface area contributed by atoms with Crippen molar-refractivity contribution in [2.24, 2.45) is 0 Å². The SMILES string of the molecule is C[CH]Oc1cccs1. The average Bonchev–Trinajstić information content (AvgIpc) is 2.19. The number of rotatable bonds is 2. The van der Waals surface area contributed by atoms with Crippen LogP contribution in [-0.2, 0) is 0 Å². The van der Waals surface area contributed by atoms with Crippen molar-refractivity contribution in [1.29, 1.82) is 0 Å². The Morgan fingerprint density at radius 3 is 3.12 bits per heavy atom. The lowest BCUT2D eigenvalue weighted by molar-refractivity contribution is 0.428. The van der Waals surface area contributed by atoms with E-state index in [0.717, 1.165) is 5.06 Å². The molecular formula is C6H7OS. The quantitative estimate of drug-likeness (QED) is 0.592. The number of hydrogen-bond acceptors (Lipinski definition) is 2. The molecule has 1 radical (unpaired) electrons. The lowest BCUT2D eigenvalue weighted by Gasteiger charge is -1.92. The van der Waals surface area contributed by atoms with Crippen LogP contribution in [0, 0.1) is 6.61 Å². The number of hydrogen-bond donors (Lipinski definition) is 0. The molecule has 0 fully saturated rings. The van der Waals surface area contributed by atoms with E-state index in [1.165, 1.54) is 0 Å². The molecule has 0 saturated carbocycles. The standard InChI is InChI=1S/C6H7OS/c1-2-7-6-4-3-5-8-6/h2-5H,1H3. The van der Waals surface area contributed by atoms with Gasteiger partial charge in [0.1, 0.15) is 6.61 Å². The molecular weight excluding hydrogens is 120 g/mol. The normalized spacial score (nSPS) is 9.12. The molecule has 1 rings (SSSR count). The molecule has 1 nitrogen and oxygen atoms in total. The molecule has 0 aliphatic heterocycles. The second-order valence-corrected chi connectivity index (χ2v) is 2.20. The topological polar surface area (TPSA) is 9.23 Å².